The van der Waals surface area contributed by atoms with Crippen molar-refractivity contribution in [3.8, 4) is 5.75 Å². The van der Waals surface area contributed by atoms with Gasteiger partial charge < -0.3 is 4.74 Å². The van der Waals surface area contributed by atoms with Crippen LogP contribution in [0.2, 0.25) is 0 Å². The number of rotatable bonds is 4. The highest BCUT2D eigenvalue weighted by molar-refractivity contribution is 7.19. The number of methoxy groups -OCH3 is 1. The first kappa shape index (κ1) is 13.5. The Hall–Kier alpha value is -1.51. The first-order valence-electron chi connectivity index (χ1n) is 6.52. The van der Waals surface area contributed by atoms with Gasteiger partial charge in [0.1, 0.15) is 5.75 Å². The molecule has 0 saturated heterocycles. The number of thiophene rings is 1. The molecule has 0 radical (unpaired) electrons. The molecule has 0 saturated carbocycles. The Morgan fingerprint density at radius 2 is 1.85 bits per heavy atom. The average Bonchev–Trinajstić information content (AvgIpc) is 2.92. The number of fused-ring (bicyclic) bond motifs is 1. The molecule has 102 valence electrons. The van der Waals surface area contributed by atoms with Crippen LogP contribution in [0.4, 0.5) is 0 Å². The first-order valence-corrected chi connectivity index (χ1v) is 7.77. The van der Waals surface area contributed by atoms with E-state index < -0.39 is 0 Å². The van der Waals surface area contributed by atoms with Crippen LogP contribution >= 0.6 is 22.9 Å². The van der Waals surface area contributed by atoms with Crippen LogP contribution in [0.15, 0.2) is 54.6 Å². The van der Waals surface area contributed by atoms with Gasteiger partial charge in [-0.2, -0.15) is 0 Å². The molecule has 20 heavy (non-hydrogen) atoms. The second-order valence-electron chi connectivity index (χ2n) is 4.71. The summed E-state index contributed by atoms with van der Waals surface area (Å²) in [6.45, 7) is 0. The molecule has 1 aromatic heterocycles. The maximum absolute atomic E-state index is 6.57. The second-order valence-corrected chi connectivity index (χ2v) is 6.35. The molecule has 3 rings (SSSR count). The molecule has 0 amide bonds. The van der Waals surface area contributed by atoms with E-state index in [4.69, 9.17) is 16.3 Å². The van der Waals surface area contributed by atoms with E-state index in [-0.39, 0.29) is 5.38 Å². The number of alkyl halides is 1. The summed E-state index contributed by atoms with van der Waals surface area (Å²) >= 11 is 8.34. The van der Waals surface area contributed by atoms with Gasteiger partial charge in [-0.05, 0) is 41.6 Å². The van der Waals surface area contributed by atoms with Gasteiger partial charge in [0.05, 0.1) is 12.5 Å². The maximum Gasteiger partial charge on any atom is 0.118 e. The molecular weight excluding hydrogens is 288 g/mol. The van der Waals surface area contributed by atoms with Crippen molar-refractivity contribution in [3.63, 3.8) is 0 Å². The fraction of sp³-hybridized carbons (Fsp3) is 0.176. The van der Waals surface area contributed by atoms with Crippen molar-refractivity contribution < 1.29 is 4.74 Å². The Morgan fingerprint density at radius 3 is 2.55 bits per heavy atom. The van der Waals surface area contributed by atoms with Crippen molar-refractivity contribution in [2.75, 3.05) is 7.11 Å². The third-order valence-electron chi connectivity index (χ3n) is 3.33. The van der Waals surface area contributed by atoms with Crippen molar-refractivity contribution in [2.45, 2.75) is 11.8 Å². The molecule has 0 aliphatic carbocycles. The standard InChI is InChI=1S/C17H15ClOS/c1-19-14-8-6-12(7-9-14)10-15(18)17-11-13-4-2-3-5-16(13)20-17/h2-9,11,15H,10H2,1H3. The minimum absolute atomic E-state index is 0.0146. The van der Waals surface area contributed by atoms with E-state index in [1.807, 2.05) is 12.1 Å². The molecular formula is C17H15ClOS. The lowest BCUT2D eigenvalue weighted by molar-refractivity contribution is 0.414. The largest absolute Gasteiger partial charge is 0.497 e. The Balaban J connectivity index is 1.79. The minimum Gasteiger partial charge on any atom is -0.497 e. The molecule has 2 aromatic carbocycles. The van der Waals surface area contributed by atoms with Crippen molar-refractivity contribution in [1.29, 1.82) is 0 Å². The summed E-state index contributed by atoms with van der Waals surface area (Å²) < 4.78 is 6.46. The highest BCUT2D eigenvalue weighted by Gasteiger charge is 2.12. The van der Waals surface area contributed by atoms with Gasteiger partial charge in [-0.15, -0.1) is 22.9 Å². The molecule has 1 heterocycles. The average molecular weight is 303 g/mol. The third kappa shape index (κ3) is 2.82. The highest BCUT2D eigenvalue weighted by Crippen LogP contribution is 2.35. The lowest BCUT2D eigenvalue weighted by atomic mass is 10.1. The summed E-state index contributed by atoms with van der Waals surface area (Å²) in [6.07, 6.45) is 0.832. The fourth-order valence-corrected chi connectivity index (χ4v) is 3.64. The number of halogens is 1. The van der Waals surface area contributed by atoms with Gasteiger partial charge in [-0.1, -0.05) is 30.3 Å². The molecule has 1 nitrogen and oxygen atoms in total. The molecule has 3 heteroatoms. The first-order chi connectivity index (χ1) is 9.76. The van der Waals surface area contributed by atoms with Gasteiger partial charge in [0.2, 0.25) is 0 Å². The van der Waals surface area contributed by atoms with E-state index in [0.717, 1.165) is 12.2 Å². The summed E-state index contributed by atoms with van der Waals surface area (Å²) in [4.78, 5) is 1.23. The predicted octanol–water partition coefficient (Wildman–Crippen LogP) is 5.43. The molecule has 0 aliphatic heterocycles. The van der Waals surface area contributed by atoms with Crippen molar-refractivity contribution in [2.24, 2.45) is 0 Å². The quantitative estimate of drug-likeness (QED) is 0.584. The lowest BCUT2D eigenvalue weighted by Gasteiger charge is -2.08. The zero-order valence-corrected chi connectivity index (χ0v) is 12.7. The van der Waals surface area contributed by atoms with Crippen LogP contribution in [0.5, 0.6) is 5.75 Å². The molecule has 0 spiro atoms. The summed E-state index contributed by atoms with van der Waals surface area (Å²) in [5.74, 6) is 0.877. The van der Waals surface area contributed by atoms with E-state index >= 15 is 0 Å². The zero-order valence-electron chi connectivity index (χ0n) is 11.2. The molecule has 1 unspecified atom stereocenters. The number of hydrogen-bond acceptors (Lipinski definition) is 2. The number of ether oxygens (including phenoxy) is 1. The monoisotopic (exact) mass is 302 g/mol. The van der Waals surface area contributed by atoms with Gasteiger partial charge in [0.25, 0.3) is 0 Å². The topological polar surface area (TPSA) is 9.23 Å². The molecule has 0 bridgehead atoms. The predicted molar refractivity (Wildman–Crippen MR) is 87.1 cm³/mol. The normalized spacial score (nSPS) is 12.5. The molecule has 1 atom stereocenters. The minimum atomic E-state index is 0.0146. The van der Waals surface area contributed by atoms with Crippen LogP contribution in [-0.2, 0) is 6.42 Å². The third-order valence-corrected chi connectivity index (χ3v) is 5.08. The number of hydrogen-bond donors (Lipinski definition) is 0. The van der Waals surface area contributed by atoms with Crippen molar-refractivity contribution in [3.05, 3.63) is 65.0 Å². The van der Waals surface area contributed by atoms with Crippen LogP contribution in [0, 0.1) is 0 Å². The van der Waals surface area contributed by atoms with Crippen LogP contribution < -0.4 is 4.74 Å². The van der Waals surface area contributed by atoms with Crippen LogP contribution in [0.25, 0.3) is 10.1 Å². The van der Waals surface area contributed by atoms with E-state index in [0.29, 0.717) is 0 Å². The van der Waals surface area contributed by atoms with Gasteiger partial charge in [0, 0.05) is 9.58 Å². The van der Waals surface area contributed by atoms with E-state index in [1.165, 1.54) is 20.5 Å². The van der Waals surface area contributed by atoms with Gasteiger partial charge in [-0.3, -0.25) is 0 Å². The molecule has 3 aromatic rings. The maximum atomic E-state index is 6.57. The van der Waals surface area contributed by atoms with Gasteiger partial charge in [-0.25, -0.2) is 0 Å². The van der Waals surface area contributed by atoms with E-state index in [2.05, 4.69) is 42.5 Å². The SMILES string of the molecule is COc1ccc(CC(Cl)c2cc3ccccc3s2)cc1. The molecule has 0 N–H and O–H groups in total. The van der Waals surface area contributed by atoms with E-state index in [1.54, 1.807) is 18.4 Å². The Morgan fingerprint density at radius 1 is 1.10 bits per heavy atom. The van der Waals surface area contributed by atoms with Crippen LogP contribution in [0.1, 0.15) is 15.8 Å². The Labute approximate surface area is 127 Å². The molecule has 0 fully saturated rings. The zero-order chi connectivity index (χ0) is 13.9. The van der Waals surface area contributed by atoms with E-state index in [9.17, 15) is 0 Å². The van der Waals surface area contributed by atoms with Crippen molar-refractivity contribution >= 4 is 33.0 Å². The fourth-order valence-electron chi connectivity index (χ4n) is 2.23. The number of benzene rings is 2. The smallest absolute Gasteiger partial charge is 0.118 e. The second kappa shape index (κ2) is 5.86. The summed E-state index contributed by atoms with van der Waals surface area (Å²) in [6, 6.07) is 18.7. The lowest BCUT2D eigenvalue weighted by Crippen LogP contribution is -1.93. The van der Waals surface area contributed by atoms with Gasteiger partial charge >= 0.3 is 0 Å². The van der Waals surface area contributed by atoms with Crippen molar-refractivity contribution in [1.82, 2.24) is 0 Å². The summed E-state index contributed by atoms with van der Waals surface area (Å²) in [5.41, 5.74) is 1.23. The molecule has 0 aliphatic rings. The Bertz CT molecular complexity index is 669. The highest BCUT2D eigenvalue weighted by atomic mass is 35.5. The van der Waals surface area contributed by atoms with Gasteiger partial charge in [0.15, 0.2) is 0 Å². The summed E-state index contributed by atoms with van der Waals surface area (Å²) in [5, 5.41) is 1.29. The van der Waals surface area contributed by atoms with Crippen LogP contribution in [-0.4, -0.2) is 7.11 Å². The Kier molecular flexibility index (Phi) is 3.95. The van der Waals surface area contributed by atoms with Crippen LogP contribution in [0.3, 0.4) is 0 Å². The summed E-state index contributed by atoms with van der Waals surface area (Å²) in [7, 11) is 1.68.